The lowest BCUT2D eigenvalue weighted by Crippen LogP contribution is -2.49. The molecule has 0 aliphatic carbocycles. The van der Waals surface area contributed by atoms with Gasteiger partial charge in [0, 0.05) is 37.4 Å². The van der Waals surface area contributed by atoms with Crippen LogP contribution in [0.3, 0.4) is 0 Å². The first-order valence-corrected chi connectivity index (χ1v) is 8.23. The molecule has 1 saturated heterocycles. The zero-order valence-electron chi connectivity index (χ0n) is 13.8. The van der Waals surface area contributed by atoms with Gasteiger partial charge in [-0.15, -0.1) is 0 Å². The summed E-state index contributed by atoms with van der Waals surface area (Å²) in [4.78, 5) is 27.2. The van der Waals surface area contributed by atoms with Gasteiger partial charge in [-0.2, -0.15) is 0 Å². The summed E-state index contributed by atoms with van der Waals surface area (Å²) in [5, 5.41) is 9.65. The van der Waals surface area contributed by atoms with Crippen molar-refractivity contribution in [1.82, 2.24) is 4.90 Å². The molecule has 25 heavy (non-hydrogen) atoms. The molecule has 0 radical (unpaired) electrons. The quantitative estimate of drug-likeness (QED) is 0.866. The molecule has 1 atom stereocenters. The van der Waals surface area contributed by atoms with E-state index in [0.717, 1.165) is 11.3 Å². The zero-order chi connectivity index (χ0) is 17.8. The van der Waals surface area contributed by atoms with Gasteiger partial charge in [0.25, 0.3) is 0 Å². The minimum atomic E-state index is -0.838. The monoisotopic (exact) mass is 339 g/mol. The SMILES string of the molecule is NC(=O)c1cccc(N2CCN(C(C(=O)O)c3ccccc3)CC2)c1. The Hall–Kier alpha value is -2.86. The van der Waals surface area contributed by atoms with Crippen molar-refractivity contribution >= 4 is 17.6 Å². The topological polar surface area (TPSA) is 86.9 Å². The van der Waals surface area contributed by atoms with E-state index in [1.54, 1.807) is 12.1 Å². The second kappa shape index (κ2) is 7.36. The predicted molar refractivity (Wildman–Crippen MR) is 95.6 cm³/mol. The van der Waals surface area contributed by atoms with Gasteiger partial charge in [-0.3, -0.25) is 14.5 Å². The van der Waals surface area contributed by atoms with Crippen molar-refractivity contribution < 1.29 is 14.7 Å². The van der Waals surface area contributed by atoms with Crippen LogP contribution in [-0.4, -0.2) is 48.1 Å². The Kier molecular flexibility index (Phi) is 5.00. The number of carboxylic acid groups (broad SMARTS) is 1. The molecular formula is C19H21N3O3. The molecule has 6 nitrogen and oxygen atoms in total. The number of carbonyl (C=O) groups excluding carboxylic acids is 1. The molecule has 3 rings (SSSR count). The molecule has 1 amide bonds. The van der Waals surface area contributed by atoms with Crippen LogP contribution >= 0.6 is 0 Å². The summed E-state index contributed by atoms with van der Waals surface area (Å²) >= 11 is 0. The number of carbonyl (C=O) groups is 2. The van der Waals surface area contributed by atoms with Crippen LogP contribution in [-0.2, 0) is 4.79 Å². The number of primary amides is 1. The van der Waals surface area contributed by atoms with Crippen LogP contribution in [0.2, 0.25) is 0 Å². The first kappa shape index (κ1) is 17.0. The highest BCUT2D eigenvalue weighted by atomic mass is 16.4. The van der Waals surface area contributed by atoms with E-state index < -0.39 is 17.9 Å². The number of hydrogen-bond donors (Lipinski definition) is 2. The normalized spacial score (nSPS) is 16.4. The molecule has 3 N–H and O–H groups in total. The number of hydrogen-bond acceptors (Lipinski definition) is 4. The van der Waals surface area contributed by atoms with Crippen LogP contribution in [0.5, 0.6) is 0 Å². The molecule has 0 spiro atoms. The minimum absolute atomic E-state index is 0.449. The van der Waals surface area contributed by atoms with Crippen molar-refractivity contribution in [1.29, 1.82) is 0 Å². The van der Waals surface area contributed by atoms with E-state index >= 15 is 0 Å². The van der Waals surface area contributed by atoms with Gasteiger partial charge in [-0.1, -0.05) is 36.4 Å². The Morgan fingerprint density at radius 3 is 2.24 bits per heavy atom. The highest BCUT2D eigenvalue weighted by Crippen LogP contribution is 2.25. The van der Waals surface area contributed by atoms with Crippen molar-refractivity contribution in [3.63, 3.8) is 0 Å². The fourth-order valence-corrected chi connectivity index (χ4v) is 3.24. The molecule has 2 aromatic carbocycles. The lowest BCUT2D eigenvalue weighted by Gasteiger charge is -2.39. The van der Waals surface area contributed by atoms with Crippen LogP contribution in [0, 0.1) is 0 Å². The molecule has 2 aromatic rings. The highest BCUT2D eigenvalue weighted by molar-refractivity contribution is 5.93. The highest BCUT2D eigenvalue weighted by Gasteiger charge is 2.30. The molecule has 0 bridgehead atoms. The van der Waals surface area contributed by atoms with Crippen LogP contribution < -0.4 is 10.6 Å². The Bertz CT molecular complexity index is 756. The largest absolute Gasteiger partial charge is 0.480 e. The van der Waals surface area contributed by atoms with Gasteiger partial charge in [0.15, 0.2) is 0 Å². The van der Waals surface area contributed by atoms with E-state index in [0.29, 0.717) is 31.7 Å². The summed E-state index contributed by atoms with van der Waals surface area (Å²) in [5.41, 5.74) is 7.54. The van der Waals surface area contributed by atoms with Gasteiger partial charge in [-0.25, -0.2) is 0 Å². The number of piperazine rings is 1. The Labute approximate surface area is 146 Å². The maximum absolute atomic E-state index is 11.8. The molecule has 0 saturated carbocycles. The van der Waals surface area contributed by atoms with E-state index in [2.05, 4.69) is 4.90 Å². The van der Waals surface area contributed by atoms with Gasteiger partial charge in [0.1, 0.15) is 6.04 Å². The lowest BCUT2D eigenvalue weighted by atomic mass is 10.0. The number of carboxylic acids is 1. The van der Waals surface area contributed by atoms with E-state index in [9.17, 15) is 14.7 Å². The molecule has 0 aromatic heterocycles. The fourth-order valence-electron chi connectivity index (χ4n) is 3.24. The maximum Gasteiger partial charge on any atom is 0.325 e. The second-order valence-corrected chi connectivity index (χ2v) is 6.09. The number of aliphatic carboxylic acids is 1. The summed E-state index contributed by atoms with van der Waals surface area (Å²) in [7, 11) is 0. The van der Waals surface area contributed by atoms with Gasteiger partial charge >= 0.3 is 5.97 Å². The van der Waals surface area contributed by atoms with Gasteiger partial charge in [0.2, 0.25) is 5.91 Å². The first-order chi connectivity index (χ1) is 12.1. The molecule has 130 valence electrons. The van der Waals surface area contributed by atoms with E-state index in [4.69, 9.17) is 5.73 Å². The summed E-state index contributed by atoms with van der Waals surface area (Å²) in [6.45, 7) is 2.65. The van der Waals surface area contributed by atoms with Gasteiger partial charge < -0.3 is 15.7 Å². The van der Waals surface area contributed by atoms with Crippen molar-refractivity contribution in [2.45, 2.75) is 6.04 Å². The number of amides is 1. The average molecular weight is 339 g/mol. The Balaban J connectivity index is 1.71. The number of rotatable bonds is 5. The summed E-state index contributed by atoms with van der Waals surface area (Å²) in [6, 6.07) is 15.9. The molecule has 1 unspecified atom stereocenters. The van der Waals surface area contributed by atoms with Crippen LogP contribution in [0.25, 0.3) is 0 Å². The van der Waals surface area contributed by atoms with E-state index in [-0.39, 0.29) is 0 Å². The van der Waals surface area contributed by atoms with E-state index in [1.807, 2.05) is 47.4 Å². The smallest absolute Gasteiger partial charge is 0.325 e. The van der Waals surface area contributed by atoms with Crippen molar-refractivity contribution in [3.8, 4) is 0 Å². The zero-order valence-corrected chi connectivity index (χ0v) is 13.8. The third-order valence-corrected chi connectivity index (χ3v) is 4.52. The lowest BCUT2D eigenvalue weighted by molar-refractivity contribution is -0.143. The molecule has 1 fully saturated rings. The molecule has 1 aliphatic rings. The van der Waals surface area contributed by atoms with Crippen LogP contribution in [0.15, 0.2) is 54.6 Å². The second-order valence-electron chi connectivity index (χ2n) is 6.09. The number of benzene rings is 2. The minimum Gasteiger partial charge on any atom is -0.480 e. The summed E-state index contributed by atoms with van der Waals surface area (Å²) in [5.74, 6) is -1.29. The third-order valence-electron chi connectivity index (χ3n) is 4.52. The van der Waals surface area contributed by atoms with Crippen molar-refractivity contribution in [2.24, 2.45) is 5.73 Å². The molecule has 1 aliphatic heterocycles. The van der Waals surface area contributed by atoms with Gasteiger partial charge in [0.05, 0.1) is 0 Å². The van der Waals surface area contributed by atoms with Gasteiger partial charge in [-0.05, 0) is 23.8 Å². The predicted octanol–water partition coefficient (Wildman–Crippen LogP) is 1.73. The fraction of sp³-hybridized carbons (Fsp3) is 0.263. The third kappa shape index (κ3) is 3.80. The molecular weight excluding hydrogens is 318 g/mol. The summed E-state index contributed by atoms with van der Waals surface area (Å²) in [6.07, 6.45) is 0. The molecule has 6 heteroatoms. The Morgan fingerprint density at radius 2 is 1.64 bits per heavy atom. The number of nitrogens with two attached hydrogens (primary N) is 1. The maximum atomic E-state index is 11.8. The van der Waals surface area contributed by atoms with Crippen LogP contribution in [0.4, 0.5) is 5.69 Å². The number of anilines is 1. The van der Waals surface area contributed by atoms with Crippen LogP contribution in [0.1, 0.15) is 22.0 Å². The Morgan fingerprint density at radius 1 is 0.960 bits per heavy atom. The van der Waals surface area contributed by atoms with Crippen molar-refractivity contribution in [3.05, 3.63) is 65.7 Å². The summed E-state index contributed by atoms with van der Waals surface area (Å²) < 4.78 is 0. The van der Waals surface area contributed by atoms with E-state index in [1.165, 1.54) is 0 Å². The van der Waals surface area contributed by atoms with Crippen molar-refractivity contribution in [2.75, 3.05) is 31.1 Å². The number of nitrogens with zero attached hydrogens (tertiary/aromatic N) is 2. The average Bonchev–Trinajstić information content (AvgIpc) is 2.63. The standard InChI is InChI=1S/C19H21N3O3/c20-18(23)15-7-4-8-16(13-15)21-9-11-22(12-10-21)17(19(24)25)14-5-2-1-3-6-14/h1-8,13,17H,9-12H2,(H2,20,23)(H,24,25). The first-order valence-electron chi connectivity index (χ1n) is 8.23. The molecule has 1 heterocycles.